The molecule has 0 aromatic carbocycles. The van der Waals surface area contributed by atoms with Gasteiger partial charge >= 0.3 is 0 Å². The fraction of sp³-hybridized carbons (Fsp3) is 1.00. The number of rotatable bonds is 3. The Kier molecular flexibility index (Phi) is 3.79. The predicted octanol–water partition coefficient (Wildman–Crippen LogP) is 0.961. The second-order valence-electron chi connectivity index (χ2n) is 4.85. The molecule has 1 N–H and O–H groups in total. The van der Waals surface area contributed by atoms with Crippen LogP contribution >= 0.6 is 0 Å². The van der Waals surface area contributed by atoms with E-state index in [9.17, 15) is 13.5 Å². The minimum atomic E-state index is -3.20. The minimum absolute atomic E-state index is 0.170. The maximum atomic E-state index is 12.0. The van der Waals surface area contributed by atoms with E-state index in [1.54, 1.807) is 0 Å². The van der Waals surface area contributed by atoms with Crippen molar-refractivity contribution in [3.05, 3.63) is 0 Å². The third-order valence-corrected chi connectivity index (χ3v) is 5.18. The first-order valence-electron chi connectivity index (χ1n) is 5.48. The van der Waals surface area contributed by atoms with Gasteiger partial charge in [-0.1, -0.05) is 6.92 Å². The smallest absolute Gasteiger partial charge is 0.214 e. The summed E-state index contributed by atoms with van der Waals surface area (Å²) in [7, 11) is -3.20. The van der Waals surface area contributed by atoms with Crippen molar-refractivity contribution < 1.29 is 13.5 Å². The molecule has 1 heterocycles. The van der Waals surface area contributed by atoms with Crippen LogP contribution in [-0.4, -0.2) is 41.8 Å². The zero-order chi connectivity index (χ0) is 11.7. The third-order valence-electron chi connectivity index (χ3n) is 2.94. The van der Waals surface area contributed by atoms with Gasteiger partial charge in [0.2, 0.25) is 10.0 Å². The van der Waals surface area contributed by atoms with Crippen LogP contribution in [0.3, 0.4) is 0 Å². The van der Waals surface area contributed by atoms with Gasteiger partial charge in [0, 0.05) is 12.1 Å². The molecular weight excluding hydrogens is 214 g/mol. The van der Waals surface area contributed by atoms with Crippen LogP contribution in [0.1, 0.15) is 40.0 Å². The Labute approximate surface area is 92.3 Å². The lowest BCUT2D eigenvalue weighted by atomic mass is 9.92. The summed E-state index contributed by atoms with van der Waals surface area (Å²) >= 11 is 0. The molecule has 1 atom stereocenters. The van der Waals surface area contributed by atoms with Crippen LogP contribution in [-0.2, 0) is 10.0 Å². The van der Waals surface area contributed by atoms with E-state index < -0.39 is 16.1 Å². The van der Waals surface area contributed by atoms with Crippen molar-refractivity contribution in [3.63, 3.8) is 0 Å². The van der Waals surface area contributed by atoms with Crippen molar-refractivity contribution in [2.75, 3.05) is 12.3 Å². The molecule has 0 bridgehead atoms. The highest BCUT2D eigenvalue weighted by Gasteiger charge is 2.40. The van der Waals surface area contributed by atoms with E-state index in [-0.39, 0.29) is 17.8 Å². The molecule has 1 rings (SSSR count). The molecule has 0 saturated carbocycles. The Morgan fingerprint density at radius 1 is 1.47 bits per heavy atom. The number of hydrogen-bond donors (Lipinski definition) is 1. The van der Waals surface area contributed by atoms with E-state index in [4.69, 9.17) is 0 Å². The molecule has 1 fully saturated rings. The molecule has 1 aliphatic heterocycles. The van der Waals surface area contributed by atoms with E-state index in [2.05, 4.69) is 0 Å². The fourth-order valence-corrected chi connectivity index (χ4v) is 4.01. The average molecular weight is 235 g/mol. The summed E-state index contributed by atoms with van der Waals surface area (Å²) in [6.07, 6.45) is 1.51. The van der Waals surface area contributed by atoms with Crippen molar-refractivity contribution in [2.45, 2.75) is 51.7 Å². The molecule has 1 unspecified atom stereocenters. The maximum Gasteiger partial charge on any atom is 0.214 e. The quantitative estimate of drug-likeness (QED) is 0.792. The topological polar surface area (TPSA) is 57.6 Å². The van der Waals surface area contributed by atoms with Crippen LogP contribution in [0.25, 0.3) is 0 Å². The predicted molar refractivity (Wildman–Crippen MR) is 60.1 cm³/mol. The van der Waals surface area contributed by atoms with Crippen LogP contribution in [0.2, 0.25) is 0 Å². The molecule has 1 saturated heterocycles. The van der Waals surface area contributed by atoms with Gasteiger partial charge in [-0.25, -0.2) is 8.42 Å². The highest BCUT2D eigenvalue weighted by molar-refractivity contribution is 7.89. The van der Waals surface area contributed by atoms with Gasteiger partial charge < -0.3 is 5.11 Å². The van der Waals surface area contributed by atoms with E-state index in [1.165, 1.54) is 4.31 Å². The van der Waals surface area contributed by atoms with Gasteiger partial charge in [0.25, 0.3) is 0 Å². The average Bonchev–Trinajstić information content (AvgIpc) is 2.09. The number of hydrogen-bond acceptors (Lipinski definition) is 3. The van der Waals surface area contributed by atoms with Crippen LogP contribution in [0, 0.1) is 0 Å². The van der Waals surface area contributed by atoms with Crippen LogP contribution < -0.4 is 0 Å². The molecule has 4 nitrogen and oxygen atoms in total. The molecule has 0 aliphatic carbocycles. The van der Waals surface area contributed by atoms with E-state index in [0.29, 0.717) is 12.8 Å². The van der Waals surface area contributed by atoms with Crippen molar-refractivity contribution in [1.82, 2.24) is 4.31 Å². The van der Waals surface area contributed by atoms with Crippen LogP contribution in [0.15, 0.2) is 0 Å². The summed E-state index contributed by atoms with van der Waals surface area (Å²) in [5, 5.41) is 9.54. The Morgan fingerprint density at radius 2 is 2.07 bits per heavy atom. The van der Waals surface area contributed by atoms with Crippen LogP contribution in [0.5, 0.6) is 0 Å². The molecular formula is C10H21NO3S. The normalized spacial score (nSPS) is 27.9. The summed E-state index contributed by atoms with van der Waals surface area (Å²) in [5.41, 5.74) is -0.354. The number of sulfonamides is 1. The molecule has 0 aromatic heterocycles. The summed E-state index contributed by atoms with van der Waals surface area (Å²) in [6, 6.07) is 0. The molecule has 1 aliphatic rings. The summed E-state index contributed by atoms with van der Waals surface area (Å²) < 4.78 is 25.4. The first kappa shape index (κ1) is 12.9. The number of β-amino-alcohol motifs (C(OH)–C–C–N with tert-alkyl or cyclic N) is 1. The van der Waals surface area contributed by atoms with Gasteiger partial charge in [0.15, 0.2) is 0 Å². The van der Waals surface area contributed by atoms with Gasteiger partial charge in [0.1, 0.15) is 0 Å². The SMILES string of the molecule is CCCS(=O)(=O)N1CC(O)CCC1(C)C. The molecule has 15 heavy (non-hydrogen) atoms. The largest absolute Gasteiger partial charge is 0.392 e. The zero-order valence-electron chi connectivity index (χ0n) is 9.73. The summed E-state index contributed by atoms with van der Waals surface area (Å²) in [5.74, 6) is 0.170. The molecule has 0 radical (unpaired) electrons. The van der Waals surface area contributed by atoms with Crippen LogP contribution in [0.4, 0.5) is 0 Å². The van der Waals surface area contributed by atoms with Crippen molar-refractivity contribution in [1.29, 1.82) is 0 Å². The number of aliphatic hydroxyl groups excluding tert-OH is 1. The maximum absolute atomic E-state index is 12.0. The first-order valence-corrected chi connectivity index (χ1v) is 7.09. The Balaban J connectivity index is 2.90. The lowest BCUT2D eigenvalue weighted by Gasteiger charge is -2.43. The van der Waals surface area contributed by atoms with Gasteiger partial charge in [-0.3, -0.25) is 0 Å². The monoisotopic (exact) mass is 235 g/mol. The number of piperidine rings is 1. The lowest BCUT2D eigenvalue weighted by molar-refractivity contribution is 0.0481. The Hall–Kier alpha value is -0.130. The lowest BCUT2D eigenvalue weighted by Crippen LogP contribution is -2.55. The van der Waals surface area contributed by atoms with Gasteiger partial charge in [-0.05, 0) is 33.1 Å². The highest BCUT2D eigenvalue weighted by atomic mass is 32.2. The van der Waals surface area contributed by atoms with E-state index in [0.717, 1.165) is 6.42 Å². The third kappa shape index (κ3) is 2.92. The number of aliphatic hydroxyl groups is 1. The van der Waals surface area contributed by atoms with E-state index in [1.807, 2.05) is 20.8 Å². The molecule has 0 amide bonds. The van der Waals surface area contributed by atoms with Gasteiger partial charge in [-0.2, -0.15) is 4.31 Å². The number of nitrogens with zero attached hydrogens (tertiary/aromatic N) is 1. The molecule has 5 heteroatoms. The molecule has 90 valence electrons. The Bertz CT molecular complexity index is 311. The minimum Gasteiger partial charge on any atom is -0.392 e. The summed E-state index contributed by atoms with van der Waals surface area (Å²) in [6.45, 7) is 5.94. The zero-order valence-corrected chi connectivity index (χ0v) is 10.5. The first-order chi connectivity index (χ1) is 6.79. The Morgan fingerprint density at radius 3 is 2.60 bits per heavy atom. The van der Waals surface area contributed by atoms with Gasteiger partial charge in [0.05, 0.1) is 11.9 Å². The standard InChI is InChI=1S/C10H21NO3S/c1-4-7-15(13,14)11-8-9(12)5-6-10(11,2)3/h9,12H,4-8H2,1-3H3. The molecule has 0 aromatic rings. The summed E-state index contributed by atoms with van der Waals surface area (Å²) in [4.78, 5) is 0. The second kappa shape index (κ2) is 4.39. The molecule has 0 spiro atoms. The second-order valence-corrected chi connectivity index (χ2v) is 6.86. The van der Waals surface area contributed by atoms with Crippen molar-refractivity contribution in [2.24, 2.45) is 0 Å². The van der Waals surface area contributed by atoms with E-state index >= 15 is 0 Å². The van der Waals surface area contributed by atoms with Crippen molar-refractivity contribution >= 4 is 10.0 Å². The van der Waals surface area contributed by atoms with Gasteiger partial charge in [-0.15, -0.1) is 0 Å². The van der Waals surface area contributed by atoms with Crippen molar-refractivity contribution in [3.8, 4) is 0 Å². The fourth-order valence-electron chi connectivity index (χ4n) is 2.03. The highest BCUT2D eigenvalue weighted by Crippen LogP contribution is 2.30.